The molecule has 1 aromatic carbocycles. The minimum atomic E-state index is -0.418. The molecule has 1 aromatic rings. The minimum absolute atomic E-state index is 0.383. The van der Waals surface area contributed by atoms with Gasteiger partial charge in [0.2, 0.25) is 5.91 Å². The maximum Gasteiger partial charge on any atom is 0.248 e. The number of primary amides is 1. The van der Waals surface area contributed by atoms with E-state index in [1.165, 1.54) is 0 Å². The summed E-state index contributed by atoms with van der Waals surface area (Å²) in [6.07, 6.45) is 0.827. The lowest BCUT2D eigenvalue weighted by molar-refractivity contribution is 0.1000. The van der Waals surface area contributed by atoms with Crippen LogP contribution < -0.4 is 11.5 Å². The van der Waals surface area contributed by atoms with Crippen LogP contribution in [-0.2, 0) is 13.0 Å². The van der Waals surface area contributed by atoms with Crippen molar-refractivity contribution >= 4 is 5.91 Å². The number of benzene rings is 1. The second-order valence-corrected chi connectivity index (χ2v) is 2.84. The zero-order chi connectivity index (χ0) is 9.84. The van der Waals surface area contributed by atoms with Crippen molar-refractivity contribution < 1.29 is 4.79 Å². The number of aryl methyl sites for hydroxylation is 1. The second kappa shape index (κ2) is 4.05. The molecule has 0 aliphatic heterocycles. The highest BCUT2D eigenvalue weighted by Crippen LogP contribution is 2.09. The van der Waals surface area contributed by atoms with E-state index in [9.17, 15) is 4.79 Å². The molecular weight excluding hydrogens is 164 g/mol. The van der Waals surface area contributed by atoms with E-state index in [2.05, 4.69) is 6.07 Å². The Bertz CT molecular complexity index is 298. The predicted octanol–water partition coefficient (Wildman–Crippen LogP) is 0.607. The van der Waals surface area contributed by atoms with Gasteiger partial charge in [-0.3, -0.25) is 4.79 Å². The zero-order valence-corrected chi connectivity index (χ0v) is 7.63. The van der Waals surface area contributed by atoms with E-state index >= 15 is 0 Å². The normalized spacial score (nSPS) is 10.0. The van der Waals surface area contributed by atoms with Gasteiger partial charge in [-0.15, -0.1) is 0 Å². The summed E-state index contributed by atoms with van der Waals surface area (Å²) in [7, 11) is 0. The molecule has 0 aliphatic carbocycles. The molecule has 0 bridgehead atoms. The first kappa shape index (κ1) is 9.74. The number of rotatable bonds is 3. The van der Waals surface area contributed by atoms with Crippen molar-refractivity contribution in [1.82, 2.24) is 0 Å². The summed E-state index contributed by atoms with van der Waals surface area (Å²) in [6, 6.07) is 6.54. The highest BCUT2D eigenvalue weighted by Gasteiger charge is 2.03. The fourth-order valence-corrected chi connectivity index (χ4v) is 1.14. The van der Waals surface area contributed by atoms with Crippen molar-refractivity contribution in [2.75, 3.05) is 0 Å². The van der Waals surface area contributed by atoms with Gasteiger partial charge in [-0.05, 0) is 35.7 Å². The summed E-state index contributed by atoms with van der Waals surface area (Å²) >= 11 is 0. The maximum atomic E-state index is 10.9. The Morgan fingerprint density at radius 1 is 1.46 bits per heavy atom. The van der Waals surface area contributed by atoms with Crippen molar-refractivity contribution in [1.29, 1.82) is 0 Å². The molecule has 0 aliphatic rings. The molecule has 1 radical (unpaired) electrons. The monoisotopic (exact) mass is 177 g/mol. The largest absolute Gasteiger partial charge is 0.366 e. The molecule has 0 fully saturated rings. The first-order valence-corrected chi connectivity index (χ1v) is 4.22. The SMILES string of the molecule is CCc1[c]c(CN)cc(C(N)=O)c1. The molecule has 0 atom stereocenters. The second-order valence-electron chi connectivity index (χ2n) is 2.84. The fourth-order valence-electron chi connectivity index (χ4n) is 1.14. The first-order valence-electron chi connectivity index (χ1n) is 4.22. The summed E-state index contributed by atoms with van der Waals surface area (Å²) in [5.74, 6) is -0.418. The molecule has 1 rings (SSSR count). The van der Waals surface area contributed by atoms with Gasteiger partial charge in [0.25, 0.3) is 0 Å². The Hall–Kier alpha value is -1.35. The van der Waals surface area contributed by atoms with Crippen molar-refractivity contribution in [3.63, 3.8) is 0 Å². The lowest BCUT2D eigenvalue weighted by atomic mass is 10.0. The standard InChI is InChI=1S/C10H13N2O/c1-2-7-3-8(6-11)5-9(4-7)10(12)13/h4-5H,2,6,11H2,1H3,(H2,12,13). The van der Waals surface area contributed by atoms with E-state index in [0.717, 1.165) is 17.5 Å². The van der Waals surface area contributed by atoms with Crippen LogP contribution in [0.1, 0.15) is 28.4 Å². The lowest BCUT2D eigenvalue weighted by Gasteiger charge is -2.03. The fraction of sp³-hybridized carbons (Fsp3) is 0.300. The van der Waals surface area contributed by atoms with Crippen LogP contribution >= 0.6 is 0 Å². The number of carbonyl (C=O) groups is 1. The molecule has 0 aromatic heterocycles. The molecule has 69 valence electrons. The Labute approximate surface area is 77.7 Å². The Kier molecular flexibility index (Phi) is 3.03. The Morgan fingerprint density at radius 2 is 2.08 bits per heavy atom. The number of hydrogen-bond acceptors (Lipinski definition) is 2. The molecule has 3 nitrogen and oxygen atoms in total. The summed E-state index contributed by atoms with van der Waals surface area (Å²) in [5, 5.41) is 0. The average molecular weight is 177 g/mol. The number of nitrogens with two attached hydrogens (primary N) is 2. The molecule has 4 N–H and O–H groups in total. The van der Waals surface area contributed by atoms with Crippen molar-refractivity contribution in [2.45, 2.75) is 19.9 Å². The first-order chi connectivity index (χ1) is 6.17. The summed E-state index contributed by atoms with van der Waals surface area (Å²) in [5.41, 5.74) is 12.9. The van der Waals surface area contributed by atoms with Crippen LogP contribution in [-0.4, -0.2) is 5.91 Å². The van der Waals surface area contributed by atoms with Crippen molar-refractivity contribution in [2.24, 2.45) is 11.5 Å². The van der Waals surface area contributed by atoms with Crippen molar-refractivity contribution in [3.8, 4) is 0 Å². The van der Waals surface area contributed by atoms with Crippen LogP contribution in [0.4, 0.5) is 0 Å². The summed E-state index contributed by atoms with van der Waals surface area (Å²) in [4.78, 5) is 10.9. The predicted molar refractivity (Wildman–Crippen MR) is 51.1 cm³/mol. The smallest absolute Gasteiger partial charge is 0.248 e. The van der Waals surface area contributed by atoms with E-state index in [0.29, 0.717) is 12.1 Å². The van der Waals surface area contributed by atoms with Gasteiger partial charge in [-0.2, -0.15) is 0 Å². The highest BCUT2D eigenvalue weighted by molar-refractivity contribution is 5.93. The third-order valence-corrected chi connectivity index (χ3v) is 1.87. The molecule has 13 heavy (non-hydrogen) atoms. The average Bonchev–Trinajstić information content (AvgIpc) is 2.16. The van der Waals surface area contributed by atoms with E-state index < -0.39 is 5.91 Å². The number of amides is 1. The Balaban J connectivity index is 3.14. The van der Waals surface area contributed by atoms with Crippen molar-refractivity contribution in [3.05, 3.63) is 34.9 Å². The topological polar surface area (TPSA) is 69.1 Å². The van der Waals surface area contributed by atoms with E-state index in [4.69, 9.17) is 11.5 Å². The van der Waals surface area contributed by atoms with Gasteiger partial charge < -0.3 is 11.5 Å². The molecule has 0 saturated carbocycles. The Morgan fingerprint density at radius 3 is 2.54 bits per heavy atom. The summed E-state index contributed by atoms with van der Waals surface area (Å²) in [6.45, 7) is 2.38. The van der Waals surface area contributed by atoms with E-state index in [1.54, 1.807) is 12.1 Å². The van der Waals surface area contributed by atoms with Crippen LogP contribution in [0.15, 0.2) is 12.1 Å². The molecule has 3 heteroatoms. The van der Waals surface area contributed by atoms with Gasteiger partial charge in [0, 0.05) is 12.1 Å². The maximum absolute atomic E-state index is 10.9. The van der Waals surface area contributed by atoms with Gasteiger partial charge in [-0.25, -0.2) is 0 Å². The molecule has 1 amide bonds. The summed E-state index contributed by atoms with van der Waals surface area (Å²) < 4.78 is 0. The van der Waals surface area contributed by atoms with Gasteiger partial charge in [0.1, 0.15) is 0 Å². The zero-order valence-electron chi connectivity index (χ0n) is 7.63. The van der Waals surface area contributed by atoms with Gasteiger partial charge >= 0.3 is 0 Å². The van der Waals surface area contributed by atoms with Gasteiger partial charge in [0.05, 0.1) is 0 Å². The quantitative estimate of drug-likeness (QED) is 0.710. The van der Waals surface area contributed by atoms with Crippen LogP contribution in [0.3, 0.4) is 0 Å². The van der Waals surface area contributed by atoms with Gasteiger partial charge in [0.15, 0.2) is 0 Å². The molecule has 0 unspecified atom stereocenters. The van der Waals surface area contributed by atoms with Crippen LogP contribution in [0, 0.1) is 6.07 Å². The minimum Gasteiger partial charge on any atom is -0.366 e. The van der Waals surface area contributed by atoms with E-state index in [-0.39, 0.29) is 0 Å². The molecule has 0 saturated heterocycles. The number of hydrogen-bond donors (Lipinski definition) is 2. The lowest BCUT2D eigenvalue weighted by Crippen LogP contribution is -2.12. The third kappa shape index (κ3) is 2.29. The van der Waals surface area contributed by atoms with Crippen LogP contribution in [0.2, 0.25) is 0 Å². The third-order valence-electron chi connectivity index (χ3n) is 1.87. The van der Waals surface area contributed by atoms with E-state index in [1.807, 2.05) is 6.92 Å². The van der Waals surface area contributed by atoms with Crippen LogP contribution in [0.25, 0.3) is 0 Å². The highest BCUT2D eigenvalue weighted by atomic mass is 16.1. The van der Waals surface area contributed by atoms with Crippen LogP contribution in [0.5, 0.6) is 0 Å². The molecule has 0 heterocycles. The molecular formula is C10H13N2O. The van der Waals surface area contributed by atoms with Gasteiger partial charge in [-0.1, -0.05) is 6.92 Å². The number of carbonyl (C=O) groups excluding carboxylic acids is 1. The molecule has 0 spiro atoms.